The molecule has 1 aromatic heterocycles. The van der Waals surface area contributed by atoms with Gasteiger partial charge in [0.2, 0.25) is 0 Å². The van der Waals surface area contributed by atoms with E-state index in [9.17, 15) is 9.59 Å². The molecule has 1 saturated heterocycles. The molecule has 16 heavy (non-hydrogen) atoms. The maximum atomic E-state index is 11.9. The topological polar surface area (TPSA) is 96.5 Å². The van der Waals surface area contributed by atoms with Crippen molar-refractivity contribution in [2.24, 2.45) is 5.73 Å². The van der Waals surface area contributed by atoms with E-state index in [0.717, 1.165) is 0 Å². The van der Waals surface area contributed by atoms with Crippen LogP contribution < -0.4 is 5.73 Å². The molecule has 86 valence electrons. The van der Waals surface area contributed by atoms with Gasteiger partial charge in [-0.15, -0.1) is 11.3 Å². The molecular formula is C9H11N3O3S. The normalized spacial score (nSPS) is 24.7. The van der Waals surface area contributed by atoms with E-state index in [0.29, 0.717) is 11.4 Å². The van der Waals surface area contributed by atoms with Gasteiger partial charge in [0.05, 0.1) is 11.7 Å². The zero-order valence-corrected chi connectivity index (χ0v) is 9.24. The smallest absolute Gasteiger partial charge is 0.325 e. The molecule has 2 rings (SSSR count). The van der Waals surface area contributed by atoms with Crippen molar-refractivity contribution < 1.29 is 14.7 Å². The van der Waals surface area contributed by atoms with Crippen LogP contribution in [0.15, 0.2) is 11.7 Å². The second-order valence-electron chi connectivity index (χ2n) is 3.80. The Kier molecular flexibility index (Phi) is 2.64. The molecule has 3 N–H and O–H groups in total. The summed E-state index contributed by atoms with van der Waals surface area (Å²) in [4.78, 5) is 28.6. The number of likely N-dealkylation sites (tertiary alicyclic amines) is 1. The van der Waals surface area contributed by atoms with Crippen LogP contribution in [0.1, 0.15) is 16.1 Å². The number of carbonyl (C=O) groups excluding carboxylic acids is 1. The molecule has 0 aromatic carbocycles. The Labute approximate surface area is 95.7 Å². The van der Waals surface area contributed by atoms with Crippen LogP contribution in [0.4, 0.5) is 0 Å². The number of hydrogen-bond donors (Lipinski definition) is 2. The van der Waals surface area contributed by atoms with E-state index in [1.54, 1.807) is 5.51 Å². The lowest BCUT2D eigenvalue weighted by molar-refractivity contribution is -0.142. The highest BCUT2D eigenvalue weighted by molar-refractivity contribution is 7.11. The van der Waals surface area contributed by atoms with E-state index in [-0.39, 0.29) is 18.9 Å². The molecule has 1 unspecified atom stereocenters. The Hall–Kier alpha value is -1.47. The Morgan fingerprint density at radius 2 is 2.38 bits per heavy atom. The number of nitrogens with zero attached hydrogens (tertiary/aromatic N) is 2. The minimum Gasteiger partial charge on any atom is -0.480 e. The minimum atomic E-state index is -1.31. The molecule has 1 aliphatic heterocycles. The van der Waals surface area contributed by atoms with Crippen molar-refractivity contribution in [2.75, 3.05) is 13.1 Å². The molecular weight excluding hydrogens is 230 g/mol. The summed E-state index contributed by atoms with van der Waals surface area (Å²) in [5, 5.41) is 8.93. The van der Waals surface area contributed by atoms with Crippen LogP contribution in [0.5, 0.6) is 0 Å². The van der Waals surface area contributed by atoms with E-state index in [2.05, 4.69) is 4.98 Å². The van der Waals surface area contributed by atoms with Gasteiger partial charge in [-0.1, -0.05) is 0 Å². The third-order valence-corrected chi connectivity index (χ3v) is 3.42. The van der Waals surface area contributed by atoms with Gasteiger partial charge in [-0.25, -0.2) is 0 Å². The number of thiazole rings is 1. The number of carbonyl (C=O) groups is 2. The molecule has 1 fully saturated rings. The van der Waals surface area contributed by atoms with Crippen LogP contribution in [0.2, 0.25) is 0 Å². The summed E-state index contributed by atoms with van der Waals surface area (Å²) >= 11 is 1.24. The molecule has 1 amide bonds. The van der Waals surface area contributed by atoms with Crippen molar-refractivity contribution >= 4 is 23.2 Å². The third kappa shape index (κ3) is 1.79. The second-order valence-corrected chi connectivity index (χ2v) is 4.69. The van der Waals surface area contributed by atoms with E-state index in [4.69, 9.17) is 10.8 Å². The van der Waals surface area contributed by atoms with Gasteiger partial charge in [0.1, 0.15) is 10.4 Å². The predicted molar refractivity (Wildman–Crippen MR) is 57.2 cm³/mol. The fourth-order valence-electron chi connectivity index (χ4n) is 1.66. The maximum absolute atomic E-state index is 11.9. The van der Waals surface area contributed by atoms with Crippen LogP contribution in [-0.4, -0.2) is 45.5 Å². The number of hydrogen-bond acceptors (Lipinski definition) is 5. The number of amides is 1. The van der Waals surface area contributed by atoms with Crippen molar-refractivity contribution in [1.29, 1.82) is 0 Å². The molecule has 2 heterocycles. The summed E-state index contributed by atoms with van der Waals surface area (Å²) in [5.41, 5.74) is 5.94. The number of aliphatic carboxylic acids is 1. The Bertz CT molecular complexity index is 420. The van der Waals surface area contributed by atoms with Gasteiger partial charge in [0, 0.05) is 13.1 Å². The molecule has 1 aromatic rings. The molecule has 1 aliphatic rings. The number of aromatic nitrogens is 1. The Morgan fingerprint density at radius 1 is 1.62 bits per heavy atom. The van der Waals surface area contributed by atoms with Gasteiger partial charge in [0.25, 0.3) is 5.91 Å². The third-order valence-electron chi connectivity index (χ3n) is 2.66. The zero-order chi connectivity index (χ0) is 11.8. The Balaban J connectivity index is 2.10. The summed E-state index contributed by atoms with van der Waals surface area (Å²) in [6.07, 6.45) is 1.76. The monoisotopic (exact) mass is 241 g/mol. The molecule has 6 nitrogen and oxygen atoms in total. The summed E-state index contributed by atoms with van der Waals surface area (Å²) in [6, 6.07) is 0. The van der Waals surface area contributed by atoms with Crippen molar-refractivity contribution in [1.82, 2.24) is 9.88 Å². The average molecular weight is 241 g/mol. The maximum Gasteiger partial charge on any atom is 0.325 e. The molecule has 0 radical (unpaired) electrons. The summed E-state index contributed by atoms with van der Waals surface area (Å²) in [5.74, 6) is -1.26. The fraction of sp³-hybridized carbons (Fsp3) is 0.444. The zero-order valence-electron chi connectivity index (χ0n) is 8.42. The van der Waals surface area contributed by atoms with E-state index < -0.39 is 11.5 Å². The molecule has 0 saturated carbocycles. The Morgan fingerprint density at radius 3 is 2.88 bits per heavy atom. The number of carboxylic acids is 1. The van der Waals surface area contributed by atoms with Gasteiger partial charge < -0.3 is 15.7 Å². The van der Waals surface area contributed by atoms with Gasteiger partial charge in [-0.05, 0) is 6.42 Å². The quantitative estimate of drug-likeness (QED) is 0.745. The minimum absolute atomic E-state index is 0.0546. The number of carboxylic acid groups (broad SMARTS) is 1. The first-order valence-corrected chi connectivity index (χ1v) is 5.61. The lowest BCUT2D eigenvalue weighted by Crippen LogP contribution is -2.50. The van der Waals surface area contributed by atoms with Crippen molar-refractivity contribution in [3.8, 4) is 0 Å². The van der Waals surface area contributed by atoms with Gasteiger partial charge in [0.15, 0.2) is 0 Å². The SMILES string of the molecule is NC1(C(=O)O)CCN(C(=O)c2cncs2)C1. The average Bonchev–Trinajstić information content (AvgIpc) is 2.85. The molecule has 0 spiro atoms. The van der Waals surface area contributed by atoms with Crippen molar-refractivity contribution in [3.63, 3.8) is 0 Å². The summed E-state index contributed by atoms with van der Waals surface area (Å²) in [7, 11) is 0. The lowest BCUT2D eigenvalue weighted by Gasteiger charge is -2.19. The molecule has 0 bridgehead atoms. The highest BCUT2D eigenvalue weighted by Crippen LogP contribution is 2.21. The van der Waals surface area contributed by atoms with Crippen LogP contribution in [0.3, 0.4) is 0 Å². The number of rotatable bonds is 2. The van der Waals surface area contributed by atoms with Crippen LogP contribution in [0.25, 0.3) is 0 Å². The van der Waals surface area contributed by atoms with E-state index in [1.807, 2.05) is 0 Å². The van der Waals surface area contributed by atoms with Crippen molar-refractivity contribution in [2.45, 2.75) is 12.0 Å². The van der Waals surface area contributed by atoms with Crippen LogP contribution >= 0.6 is 11.3 Å². The van der Waals surface area contributed by atoms with Crippen molar-refractivity contribution in [3.05, 3.63) is 16.6 Å². The molecule has 0 aliphatic carbocycles. The highest BCUT2D eigenvalue weighted by atomic mass is 32.1. The van der Waals surface area contributed by atoms with Gasteiger partial charge in [-0.2, -0.15) is 0 Å². The first-order chi connectivity index (χ1) is 7.53. The van der Waals surface area contributed by atoms with E-state index >= 15 is 0 Å². The van der Waals surface area contributed by atoms with Crippen LogP contribution in [-0.2, 0) is 4.79 Å². The standard InChI is InChI=1S/C9H11N3O3S/c10-9(8(14)15)1-2-12(4-9)7(13)6-3-11-5-16-6/h3,5H,1-2,4,10H2,(H,14,15). The first kappa shape index (κ1) is 11.0. The molecule has 1 atom stereocenters. The second kappa shape index (κ2) is 3.84. The first-order valence-electron chi connectivity index (χ1n) is 4.73. The predicted octanol–water partition coefficient (Wildman–Crippen LogP) is -0.229. The highest BCUT2D eigenvalue weighted by Gasteiger charge is 2.43. The summed E-state index contributed by atoms with van der Waals surface area (Å²) < 4.78 is 0. The van der Waals surface area contributed by atoms with Gasteiger partial charge in [-0.3, -0.25) is 14.6 Å². The van der Waals surface area contributed by atoms with Crippen LogP contribution in [0, 0.1) is 0 Å². The number of nitrogens with two attached hydrogens (primary N) is 1. The van der Waals surface area contributed by atoms with Gasteiger partial charge >= 0.3 is 5.97 Å². The molecule has 7 heteroatoms. The largest absolute Gasteiger partial charge is 0.480 e. The summed E-state index contributed by atoms with van der Waals surface area (Å²) in [6.45, 7) is 0.429. The van der Waals surface area contributed by atoms with E-state index in [1.165, 1.54) is 22.4 Å². The fourth-order valence-corrected chi connectivity index (χ4v) is 2.25. The lowest BCUT2D eigenvalue weighted by atomic mass is 10.0.